The molecule has 0 unspecified atom stereocenters. The highest BCUT2D eigenvalue weighted by Crippen LogP contribution is 2.30. The summed E-state index contributed by atoms with van der Waals surface area (Å²) < 4.78 is 12.8. The number of nitrogens with one attached hydrogen (secondary N) is 1. The standard InChI is InChI=1S/C16H22FNO3/c1-15(2,14(20)21)16(3,4)18-13(19)10-7-11-5-8-12(17)9-6-11/h5-6,8-9H,7,10H2,1-4H3,(H,18,19)(H,20,21). The normalized spacial score (nSPS) is 12.0. The minimum absolute atomic E-state index is 0.223. The molecule has 0 aliphatic carbocycles. The molecule has 0 aromatic heterocycles. The van der Waals surface area contributed by atoms with Gasteiger partial charge in [-0.15, -0.1) is 0 Å². The van der Waals surface area contributed by atoms with Crippen LogP contribution in [-0.4, -0.2) is 22.5 Å². The highest BCUT2D eigenvalue weighted by atomic mass is 19.1. The van der Waals surface area contributed by atoms with Gasteiger partial charge in [-0.1, -0.05) is 12.1 Å². The molecular weight excluding hydrogens is 273 g/mol. The van der Waals surface area contributed by atoms with Gasteiger partial charge in [0.1, 0.15) is 5.82 Å². The number of carboxylic acid groups (broad SMARTS) is 1. The molecule has 0 atom stereocenters. The molecule has 1 aromatic rings. The van der Waals surface area contributed by atoms with E-state index in [4.69, 9.17) is 0 Å². The highest BCUT2D eigenvalue weighted by molar-refractivity contribution is 5.80. The number of carboxylic acids is 1. The first-order valence-corrected chi connectivity index (χ1v) is 6.85. The number of hydrogen-bond donors (Lipinski definition) is 2. The lowest BCUT2D eigenvalue weighted by molar-refractivity contribution is -0.151. The van der Waals surface area contributed by atoms with E-state index in [1.54, 1.807) is 39.8 Å². The highest BCUT2D eigenvalue weighted by Gasteiger charge is 2.44. The molecule has 5 heteroatoms. The number of aryl methyl sites for hydroxylation is 1. The number of amides is 1. The van der Waals surface area contributed by atoms with Gasteiger partial charge in [-0.2, -0.15) is 0 Å². The fourth-order valence-electron chi connectivity index (χ4n) is 1.74. The van der Waals surface area contributed by atoms with E-state index < -0.39 is 16.9 Å². The first-order valence-electron chi connectivity index (χ1n) is 6.85. The van der Waals surface area contributed by atoms with Gasteiger partial charge in [0.25, 0.3) is 0 Å². The Hall–Kier alpha value is -1.91. The third-order valence-corrected chi connectivity index (χ3v) is 4.10. The van der Waals surface area contributed by atoms with E-state index in [9.17, 15) is 19.1 Å². The van der Waals surface area contributed by atoms with Crippen LogP contribution < -0.4 is 5.32 Å². The number of aliphatic carboxylic acids is 1. The van der Waals surface area contributed by atoms with Crippen molar-refractivity contribution in [2.75, 3.05) is 0 Å². The second-order valence-corrected chi connectivity index (χ2v) is 6.23. The van der Waals surface area contributed by atoms with Crippen LogP contribution in [-0.2, 0) is 16.0 Å². The molecule has 0 fully saturated rings. The molecule has 4 nitrogen and oxygen atoms in total. The van der Waals surface area contributed by atoms with Crippen molar-refractivity contribution in [2.24, 2.45) is 5.41 Å². The molecule has 0 spiro atoms. The monoisotopic (exact) mass is 295 g/mol. The summed E-state index contributed by atoms with van der Waals surface area (Å²) in [6.45, 7) is 6.54. The van der Waals surface area contributed by atoms with Gasteiger partial charge >= 0.3 is 5.97 Å². The SMILES string of the molecule is CC(C)(NC(=O)CCc1ccc(F)cc1)C(C)(C)C(=O)O. The van der Waals surface area contributed by atoms with Crippen LogP contribution in [0, 0.1) is 11.2 Å². The maximum Gasteiger partial charge on any atom is 0.311 e. The van der Waals surface area contributed by atoms with Gasteiger partial charge in [0.15, 0.2) is 0 Å². The number of carbonyl (C=O) groups is 2. The number of benzene rings is 1. The van der Waals surface area contributed by atoms with Crippen LogP contribution in [0.15, 0.2) is 24.3 Å². The molecule has 0 bridgehead atoms. The lowest BCUT2D eigenvalue weighted by Gasteiger charge is -2.38. The van der Waals surface area contributed by atoms with Gasteiger partial charge in [-0.3, -0.25) is 9.59 Å². The van der Waals surface area contributed by atoms with Crippen molar-refractivity contribution in [1.82, 2.24) is 5.32 Å². The van der Waals surface area contributed by atoms with Crippen molar-refractivity contribution in [2.45, 2.75) is 46.1 Å². The molecule has 0 aliphatic rings. The maximum atomic E-state index is 12.8. The number of carbonyl (C=O) groups excluding carboxylic acids is 1. The van der Waals surface area contributed by atoms with E-state index >= 15 is 0 Å². The predicted octanol–water partition coefficient (Wildman–Crippen LogP) is 2.76. The zero-order chi connectivity index (χ0) is 16.3. The first-order chi connectivity index (χ1) is 9.56. The Morgan fingerprint density at radius 2 is 1.67 bits per heavy atom. The van der Waals surface area contributed by atoms with Crippen LogP contribution >= 0.6 is 0 Å². The van der Waals surface area contributed by atoms with Crippen LogP contribution in [0.1, 0.15) is 39.7 Å². The zero-order valence-electron chi connectivity index (χ0n) is 12.9. The lowest BCUT2D eigenvalue weighted by atomic mass is 9.74. The summed E-state index contributed by atoms with van der Waals surface area (Å²) in [6.07, 6.45) is 0.709. The van der Waals surface area contributed by atoms with E-state index in [2.05, 4.69) is 5.32 Å². The average Bonchev–Trinajstić information content (AvgIpc) is 2.37. The van der Waals surface area contributed by atoms with E-state index in [-0.39, 0.29) is 18.1 Å². The molecule has 116 valence electrons. The van der Waals surface area contributed by atoms with E-state index in [0.717, 1.165) is 5.56 Å². The molecule has 21 heavy (non-hydrogen) atoms. The molecule has 1 rings (SSSR count). The maximum absolute atomic E-state index is 12.8. The van der Waals surface area contributed by atoms with Crippen molar-refractivity contribution in [1.29, 1.82) is 0 Å². The summed E-state index contributed by atoms with van der Waals surface area (Å²) in [7, 11) is 0. The third-order valence-electron chi connectivity index (χ3n) is 4.10. The second kappa shape index (κ2) is 6.24. The van der Waals surface area contributed by atoms with Gasteiger partial charge in [0.05, 0.1) is 5.41 Å². The quantitative estimate of drug-likeness (QED) is 0.848. The number of halogens is 1. The summed E-state index contributed by atoms with van der Waals surface area (Å²) >= 11 is 0. The molecule has 0 aliphatic heterocycles. The minimum Gasteiger partial charge on any atom is -0.481 e. The summed E-state index contributed by atoms with van der Waals surface area (Å²) in [4.78, 5) is 23.3. The van der Waals surface area contributed by atoms with Crippen molar-refractivity contribution in [3.05, 3.63) is 35.6 Å². The van der Waals surface area contributed by atoms with Crippen molar-refractivity contribution in [3.63, 3.8) is 0 Å². The fraction of sp³-hybridized carbons (Fsp3) is 0.500. The fourth-order valence-corrected chi connectivity index (χ4v) is 1.74. The average molecular weight is 295 g/mol. The van der Waals surface area contributed by atoms with Crippen LogP contribution in [0.2, 0.25) is 0 Å². The van der Waals surface area contributed by atoms with Gasteiger partial charge in [0, 0.05) is 12.0 Å². The summed E-state index contributed by atoms with van der Waals surface area (Å²) in [5.74, 6) is -1.50. The van der Waals surface area contributed by atoms with Crippen LogP contribution in [0.4, 0.5) is 4.39 Å². The molecular formula is C16H22FNO3. The Balaban J connectivity index is 2.61. The third kappa shape index (κ3) is 4.28. The smallest absolute Gasteiger partial charge is 0.311 e. The van der Waals surface area contributed by atoms with Gasteiger partial charge in [-0.05, 0) is 51.8 Å². The summed E-state index contributed by atoms with van der Waals surface area (Å²) in [5.41, 5.74) is -1.10. The zero-order valence-corrected chi connectivity index (χ0v) is 12.9. The van der Waals surface area contributed by atoms with E-state index in [1.165, 1.54) is 12.1 Å². The Morgan fingerprint density at radius 1 is 1.14 bits per heavy atom. The Labute approximate surface area is 124 Å². The van der Waals surface area contributed by atoms with Crippen molar-refractivity contribution < 1.29 is 19.1 Å². The molecule has 1 aromatic carbocycles. The topological polar surface area (TPSA) is 66.4 Å². The Kier molecular flexibility index (Phi) is 5.10. The molecule has 2 N–H and O–H groups in total. The Morgan fingerprint density at radius 3 is 2.14 bits per heavy atom. The van der Waals surface area contributed by atoms with Crippen LogP contribution in [0.3, 0.4) is 0 Å². The lowest BCUT2D eigenvalue weighted by Crippen LogP contribution is -2.57. The largest absolute Gasteiger partial charge is 0.481 e. The Bertz CT molecular complexity index is 521. The van der Waals surface area contributed by atoms with Crippen LogP contribution in [0.25, 0.3) is 0 Å². The van der Waals surface area contributed by atoms with Crippen molar-refractivity contribution >= 4 is 11.9 Å². The molecule has 0 radical (unpaired) electrons. The van der Waals surface area contributed by atoms with Crippen LogP contribution in [0.5, 0.6) is 0 Å². The molecule has 1 amide bonds. The molecule has 0 heterocycles. The van der Waals surface area contributed by atoms with Gasteiger partial charge in [0.2, 0.25) is 5.91 Å². The summed E-state index contributed by atoms with van der Waals surface area (Å²) in [6, 6.07) is 5.97. The minimum atomic E-state index is -1.08. The van der Waals surface area contributed by atoms with Gasteiger partial charge < -0.3 is 10.4 Å². The van der Waals surface area contributed by atoms with Crippen molar-refractivity contribution in [3.8, 4) is 0 Å². The van der Waals surface area contributed by atoms with Gasteiger partial charge in [-0.25, -0.2) is 4.39 Å². The number of rotatable bonds is 6. The summed E-state index contributed by atoms with van der Waals surface area (Å²) in [5, 5.41) is 12.0. The van der Waals surface area contributed by atoms with E-state index in [1.807, 2.05) is 0 Å². The molecule has 0 saturated carbocycles. The van der Waals surface area contributed by atoms with E-state index in [0.29, 0.717) is 6.42 Å². The molecule has 0 saturated heterocycles. The first kappa shape index (κ1) is 17.1. The number of hydrogen-bond acceptors (Lipinski definition) is 2. The predicted molar refractivity (Wildman–Crippen MR) is 78.4 cm³/mol. The second-order valence-electron chi connectivity index (χ2n) is 6.23.